The van der Waals surface area contributed by atoms with Crippen molar-refractivity contribution in [1.82, 2.24) is 4.98 Å². The smallest absolute Gasteiger partial charge is 0.413 e. The number of carbonyl (C=O) groups is 2. The zero-order valence-corrected chi connectivity index (χ0v) is 17.8. The molecular weight excluding hydrogens is 407 g/mol. The third kappa shape index (κ3) is 5.01. The number of halogens is 1. The van der Waals surface area contributed by atoms with Gasteiger partial charge in [-0.3, -0.25) is 5.32 Å². The molecule has 156 valence electrons. The molecule has 0 unspecified atom stereocenters. The van der Waals surface area contributed by atoms with E-state index in [1.807, 2.05) is 0 Å². The van der Waals surface area contributed by atoms with E-state index in [-0.39, 0.29) is 11.6 Å². The predicted octanol–water partition coefficient (Wildman–Crippen LogP) is 5.75. The van der Waals surface area contributed by atoms with E-state index in [2.05, 4.69) is 10.3 Å². The highest BCUT2D eigenvalue weighted by molar-refractivity contribution is 7.19. The quantitative estimate of drug-likeness (QED) is 0.536. The van der Waals surface area contributed by atoms with Crippen molar-refractivity contribution < 1.29 is 23.5 Å². The summed E-state index contributed by atoms with van der Waals surface area (Å²) >= 11 is 1.26. The average Bonchev–Trinajstić information content (AvgIpc) is 3.10. The molecule has 0 bridgehead atoms. The lowest BCUT2D eigenvalue weighted by Gasteiger charge is -2.19. The largest absolute Gasteiger partial charge is 0.465 e. The fourth-order valence-electron chi connectivity index (χ4n) is 2.67. The number of rotatable bonds is 4. The van der Waals surface area contributed by atoms with Crippen LogP contribution < -0.4 is 5.32 Å². The van der Waals surface area contributed by atoms with Crippen LogP contribution in [0.2, 0.25) is 0 Å². The van der Waals surface area contributed by atoms with Gasteiger partial charge in [0.15, 0.2) is 5.82 Å². The molecule has 0 radical (unpaired) electrons. The van der Waals surface area contributed by atoms with Crippen LogP contribution in [0.4, 0.5) is 15.0 Å². The van der Waals surface area contributed by atoms with Gasteiger partial charge in [-0.1, -0.05) is 30.3 Å². The van der Waals surface area contributed by atoms with Crippen LogP contribution in [0.3, 0.4) is 0 Å². The SMILES string of the molecule is COC(=O)c1ccccc1-c1nc(NC(=O)OC(C)(C)C)c(-c2ccc(F)cc2)s1. The number of nitrogens with one attached hydrogen (secondary N) is 1. The second-order valence-electron chi connectivity index (χ2n) is 7.37. The van der Waals surface area contributed by atoms with Gasteiger partial charge in [0.2, 0.25) is 0 Å². The first kappa shape index (κ1) is 21.4. The van der Waals surface area contributed by atoms with Crippen molar-refractivity contribution in [3.8, 4) is 21.0 Å². The van der Waals surface area contributed by atoms with Crippen LogP contribution in [-0.2, 0) is 9.47 Å². The van der Waals surface area contributed by atoms with Crippen LogP contribution in [0, 0.1) is 5.82 Å². The molecule has 0 aliphatic rings. The molecule has 1 amide bonds. The van der Waals surface area contributed by atoms with E-state index in [4.69, 9.17) is 9.47 Å². The first-order chi connectivity index (χ1) is 14.2. The van der Waals surface area contributed by atoms with E-state index in [0.717, 1.165) is 0 Å². The zero-order valence-electron chi connectivity index (χ0n) is 17.0. The molecule has 1 aromatic heterocycles. The Balaban J connectivity index is 2.08. The Bertz CT molecular complexity index is 1070. The average molecular weight is 428 g/mol. The van der Waals surface area contributed by atoms with E-state index in [0.29, 0.717) is 26.6 Å². The molecular formula is C22H21FN2O4S. The minimum absolute atomic E-state index is 0.260. The number of benzene rings is 2. The molecule has 1 heterocycles. The van der Waals surface area contributed by atoms with Gasteiger partial charge in [-0.15, -0.1) is 11.3 Å². The van der Waals surface area contributed by atoms with Crippen molar-refractivity contribution in [2.45, 2.75) is 26.4 Å². The van der Waals surface area contributed by atoms with Crippen molar-refractivity contribution >= 4 is 29.2 Å². The van der Waals surface area contributed by atoms with Crippen LogP contribution >= 0.6 is 11.3 Å². The number of aromatic nitrogens is 1. The summed E-state index contributed by atoms with van der Waals surface area (Å²) in [7, 11) is 1.31. The van der Waals surface area contributed by atoms with Gasteiger partial charge in [0.1, 0.15) is 16.4 Å². The van der Waals surface area contributed by atoms with E-state index >= 15 is 0 Å². The highest BCUT2D eigenvalue weighted by Gasteiger charge is 2.23. The standard InChI is InChI=1S/C22H21FN2O4S/c1-22(2,3)29-21(27)25-18-17(13-9-11-14(23)12-10-13)30-19(24-18)15-7-5-6-8-16(15)20(26)28-4/h5-12H,1-4H3,(H,25,27). The fraction of sp³-hybridized carbons (Fsp3) is 0.227. The summed E-state index contributed by atoms with van der Waals surface area (Å²) in [5.74, 6) is -0.609. The third-order valence-corrected chi connectivity index (χ3v) is 5.05. The number of carbonyl (C=O) groups excluding carboxylic acids is 2. The Labute approximate surface area is 177 Å². The molecule has 1 N–H and O–H groups in total. The molecule has 0 saturated heterocycles. The van der Waals surface area contributed by atoms with Gasteiger partial charge < -0.3 is 9.47 Å². The molecule has 0 saturated carbocycles. The van der Waals surface area contributed by atoms with Crippen LogP contribution in [0.5, 0.6) is 0 Å². The van der Waals surface area contributed by atoms with Gasteiger partial charge in [0.05, 0.1) is 17.6 Å². The summed E-state index contributed by atoms with van der Waals surface area (Å²) in [6.07, 6.45) is -0.663. The maximum Gasteiger partial charge on any atom is 0.413 e. The molecule has 0 aliphatic carbocycles. The summed E-state index contributed by atoms with van der Waals surface area (Å²) in [4.78, 5) is 29.6. The van der Waals surface area contributed by atoms with Gasteiger partial charge in [-0.25, -0.2) is 19.0 Å². The van der Waals surface area contributed by atoms with Crippen LogP contribution in [-0.4, -0.2) is 29.8 Å². The minimum atomic E-state index is -0.684. The molecule has 0 spiro atoms. The molecule has 30 heavy (non-hydrogen) atoms. The Hall–Kier alpha value is -3.26. The van der Waals surface area contributed by atoms with Crippen molar-refractivity contribution in [3.63, 3.8) is 0 Å². The number of ether oxygens (including phenoxy) is 2. The molecule has 0 aliphatic heterocycles. The number of methoxy groups -OCH3 is 1. The van der Waals surface area contributed by atoms with E-state index in [9.17, 15) is 14.0 Å². The molecule has 3 rings (SSSR count). The maximum absolute atomic E-state index is 13.4. The Morgan fingerprint density at radius 2 is 1.73 bits per heavy atom. The lowest BCUT2D eigenvalue weighted by Crippen LogP contribution is -2.27. The summed E-state index contributed by atoms with van der Waals surface area (Å²) in [5.41, 5.74) is 0.899. The highest BCUT2D eigenvalue weighted by Crippen LogP contribution is 2.40. The number of hydrogen-bond acceptors (Lipinski definition) is 6. The van der Waals surface area contributed by atoms with Crippen LogP contribution in [0.15, 0.2) is 48.5 Å². The molecule has 0 atom stereocenters. The number of amides is 1. The number of thiazole rings is 1. The van der Waals surface area contributed by atoms with Gasteiger partial charge >= 0.3 is 12.1 Å². The predicted molar refractivity (Wildman–Crippen MR) is 114 cm³/mol. The number of esters is 1. The second-order valence-corrected chi connectivity index (χ2v) is 8.37. The van der Waals surface area contributed by atoms with Crippen molar-refractivity contribution in [3.05, 3.63) is 59.9 Å². The number of nitrogens with zero attached hydrogens (tertiary/aromatic N) is 1. The van der Waals surface area contributed by atoms with Gasteiger partial charge in [-0.05, 0) is 44.5 Å². The summed E-state index contributed by atoms with van der Waals surface area (Å²) in [5, 5.41) is 3.16. The number of anilines is 1. The summed E-state index contributed by atoms with van der Waals surface area (Å²) < 4.78 is 23.6. The summed E-state index contributed by atoms with van der Waals surface area (Å²) in [6.45, 7) is 5.27. The molecule has 8 heteroatoms. The topological polar surface area (TPSA) is 77.5 Å². The zero-order chi connectivity index (χ0) is 21.9. The normalized spacial score (nSPS) is 11.1. The van der Waals surface area contributed by atoms with Gasteiger partial charge in [0.25, 0.3) is 0 Å². The summed E-state index contributed by atoms with van der Waals surface area (Å²) in [6, 6.07) is 12.7. The minimum Gasteiger partial charge on any atom is -0.465 e. The van der Waals surface area contributed by atoms with Crippen molar-refractivity contribution in [1.29, 1.82) is 0 Å². The second kappa shape index (κ2) is 8.62. The van der Waals surface area contributed by atoms with Crippen molar-refractivity contribution in [2.24, 2.45) is 0 Å². The van der Waals surface area contributed by atoms with E-state index in [1.165, 1.54) is 30.6 Å². The van der Waals surface area contributed by atoms with E-state index < -0.39 is 17.7 Å². The van der Waals surface area contributed by atoms with Crippen LogP contribution in [0.1, 0.15) is 31.1 Å². The van der Waals surface area contributed by atoms with Gasteiger partial charge in [-0.2, -0.15) is 0 Å². The highest BCUT2D eigenvalue weighted by atomic mass is 32.1. The lowest BCUT2D eigenvalue weighted by atomic mass is 10.1. The molecule has 3 aromatic rings. The molecule has 6 nitrogen and oxygen atoms in total. The van der Waals surface area contributed by atoms with Crippen molar-refractivity contribution in [2.75, 3.05) is 12.4 Å². The molecule has 0 fully saturated rings. The van der Waals surface area contributed by atoms with E-state index in [1.54, 1.807) is 57.2 Å². The number of hydrogen-bond donors (Lipinski definition) is 1. The Kier molecular flexibility index (Phi) is 6.17. The maximum atomic E-state index is 13.4. The molecule has 2 aromatic carbocycles. The van der Waals surface area contributed by atoms with Gasteiger partial charge in [0, 0.05) is 5.56 Å². The Morgan fingerprint density at radius 1 is 1.07 bits per heavy atom. The lowest BCUT2D eigenvalue weighted by molar-refractivity contribution is 0.0598. The monoisotopic (exact) mass is 428 g/mol. The first-order valence-electron chi connectivity index (χ1n) is 9.12. The third-order valence-electron chi connectivity index (χ3n) is 3.92. The first-order valence-corrected chi connectivity index (χ1v) is 9.94. The van der Waals surface area contributed by atoms with Crippen LogP contribution in [0.25, 0.3) is 21.0 Å². The fourth-order valence-corrected chi connectivity index (χ4v) is 3.74. The Morgan fingerprint density at radius 3 is 2.37 bits per heavy atom.